The van der Waals surface area contributed by atoms with Crippen LogP contribution in [0.4, 0.5) is 0 Å². The van der Waals surface area contributed by atoms with Crippen molar-refractivity contribution in [2.24, 2.45) is 0 Å². The molecule has 0 spiro atoms. The van der Waals surface area contributed by atoms with E-state index >= 15 is 0 Å². The molecule has 112 valence electrons. The molecule has 0 fully saturated rings. The third kappa shape index (κ3) is 3.22. The van der Waals surface area contributed by atoms with Gasteiger partial charge >= 0.3 is 0 Å². The van der Waals surface area contributed by atoms with Crippen molar-refractivity contribution >= 4 is 15.9 Å². The molecular weight excluding hydrogens is 332 g/mol. The largest absolute Gasteiger partial charge is 0.496 e. The van der Waals surface area contributed by atoms with Gasteiger partial charge in [0.1, 0.15) is 17.6 Å². The molecule has 0 heterocycles. The third-order valence-electron chi connectivity index (χ3n) is 3.47. The van der Waals surface area contributed by atoms with Crippen LogP contribution < -0.4 is 9.47 Å². The number of benzene rings is 2. The smallest absolute Gasteiger partial charge is 0.125 e. The van der Waals surface area contributed by atoms with Crippen LogP contribution in [0.15, 0.2) is 34.8 Å². The Kier molecular flexibility index (Phi) is 4.91. The lowest BCUT2D eigenvalue weighted by Gasteiger charge is -2.20. The van der Waals surface area contributed by atoms with Crippen LogP contribution in [0.3, 0.4) is 0 Å². The molecule has 2 rings (SSSR count). The van der Waals surface area contributed by atoms with E-state index in [0.29, 0.717) is 17.1 Å². The highest BCUT2D eigenvalue weighted by atomic mass is 79.9. The number of hydrogen-bond acceptors (Lipinski definition) is 3. The normalized spacial score (nSPS) is 12.1. The summed E-state index contributed by atoms with van der Waals surface area (Å²) in [6.45, 7) is 3.98. The first kappa shape index (κ1) is 15.9. The molecule has 2 aromatic rings. The molecule has 3 nitrogen and oxygen atoms in total. The molecule has 0 aliphatic carbocycles. The maximum absolute atomic E-state index is 10.8. The molecule has 1 N–H and O–H groups in total. The topological polar surface area (TPSA) is 38.7 Å². The molecule has 21 heavy (non-hydrogen) atoms. The van der Waals surface area contributed by atoms with E-state index in [9.17, 15) is 5.11 Å². The summed E-state index contributed by atoms with van der Waals surface area (Å²) in [6.07, 6.45) is -0.812. The predicted octanol–water partition coefficient (Wildman–Crippen LogP) is 4.16. The van der Waals surface area contributed by atoms with Gasteiger partial charge in [-0.2, -0.15) is 0 Å². The Hall–Kier alpha value is -1.52. The van der Waals surface area contributed by atoms with E-state index < -0.39 is 6.10 Å². The number of methoxy groups -OCH3 is 2. The highest BCUT2D eigenvalue weighted by Gasteiger charge is 2.22. The van der Waals surface area contributed by atoms with E-state index in [1.54, 1.807) is 14.2 Å². The van der Waals surface area contributed by atoms with Gasteiger partial charge in [-0.25, -0.2) is 0 Å². The van der Waals surface area contributed by atoms with Crippen LogP contribution in [0.25, 0.3) is 0 Å². The van der Waals surface area contributed by atoms with Crippen molar-refractivity contribution in [3.8, 4) is 11.5 Å². The van der Waals surface area contributed by atoms with Gasteiger partial charge in [0.15, 0.2) is 0 Å². The quantitative estimate of drug-likeness (QED) is 0.899. The van der Waals surface area contributed by atoms with Crippen LogP contribution in [-0.4, -0.2) is 19.3 Å². The summed E-state index contributed by atoms with van der Waals surface area (Å²) >= 11 is 3.43. The molecule has 1 unspecified atom stereocenters. The van der Waals surface area contributed by atoms with Gasteiger partial charge in [-0.15, -0.1) is 0 Å². The summed E-state index contributed by atoms with van der Waals surface area (Å²) in [7, 11) is 3.21. The van der Waals surface area contributed by atoms with Crippen molar-refractivity contribution in [2.75, 3.05) is 14.2 Å². The molecule has 0 saturated heterocycles. The van der Waals surface area contributed by atoms with Crippen molar-refractivity contribution in [2.45, 2.75) is 20.0 Å². The zero-order valence-corrected chi connectivity index (χ0v) is 14.2. The van der Waals surface area contributed by atoms with Crippen LogP contribution >= 0.6 is 15.9 Å². The number of aliphatic hydroxyl groups excluding tert-OH is 1. The van der Waals surface area contributed by atoms with Gasteiger partial charge in [-0.1, -0.05) is 22.0 Å². The summed E-state index contributed by atoms with van der Waals surface area (Å²) in [5, 5.41) is 10.8. The van der Waals surface area contributed by atoms with E-state index in [0.717, 1.165) is 21.2 Å². The highest BCUT2D eigenvalue weighted by Crippen LogP contribution is 2.38. The number of aliphatic hydroxyl groups is 1. The number of aryl methyl sites for hydroxylation is 2. The molecule has 2 aromatic carbocycles. The Balaban J connectivity index is 2.59. The van der Waals surface area contributed by atoms with Crippen LogP contribution in [0.2, 0.25) is 0 Å². The van der Waals surface area contributed by atoms with Gasteiger partial charge < -0.3 is 14.6 Å². The minimum atomic E-state index is -0.812. The second-order valence-electron chi connectivity index (χ2n) is 4.99. The number of rotatable bonds is 4. The lowest BCUT2D eigenvalue weighted by atomic mass is 9.94. The molecule has 0 bridgehead atoms. The van der Waals surface area contributed by atoms with Crippen molar-refractivity contribution in [3.63, 3.8) is 0 Å². The Labute approximate surface area is 133 Å². The van der Waals surface area contributed by atoms with Crippen molar-refractivity contribution < 1.29 is 14.6 Å². The lowest BCUT2D eigenvalue weighted by molar-refractivity contribution is 0.208. The van der Waals surface area contributed by atoms with Gasteiger partial charge in [-0.3, -0.25) is 0 Å². The summed E-state index contributed by atoms with van der Waals surface area (Å²) in [5.74, 6) is 1.33. The third-order valence-corrected chi connectivity index (χ3v) is 3.97. The Morgan fingerprint density at radius 1 is 1.00 bits per heavy atom. The minimum absolute atomic E-state index is 0.646. The SMILES string of the molecule is COc1ccc(Br)cc1C(O)c1c(C)cc(C)cc1OC. The fourth-order valence-electron chi connectivity index (χ4n) is 2.53. The highest BCUT2D eigenvalue weighted by molar-refractivity contribution is 9.10. The minimum Gasteiger partial charge on any atom is -0.496 e. The van der Waals surface area contributed by atoms with Crippen LogP contribution in [-0.2, 0) is 0 Å². The van der Waals surface area contributed by atoms with Gasteiger partial charge in [0.25, 0.3) is 0 Å². The fourth-order valence-corrected chi connectivity index (χ4v) is 2.91. The van der Waals surface area contributed by atoms with Gasteiger partial charge in [0.05, 0.1) is 14.2 Å². The summed E-state index contributed by atoms with van der Waals surface area (Å²) in [5.41, 5.74) is 3.56. The molecule has 0 amide bonds. The first-order chi connectivity index (χ1) is 9.97. The molecule has 0 saturated carbocycles. The molecule has 1 atom stereocenters. The Morgan fingerprint density at radius 3 is 2.29 bits per heavy atom. The van der Waals surface area contributed by atoms with Gasteiger partial charge in [0, 0.05) is 15.6 Å². The second-order valence-corrected chi connectivity index (χ2v) is 5.90. The monoisotopic (exact) mass is 350 g/mol. The van der Waals surface area contributed by atoms with Crippen LogP contribution in [0.1, 0.15) is 28.4 Å². The molecule has 0 aromatic heterocycles. The lowest BCUT2D eigenvalue weighted by Crippen LogP contribution is -2.07. The molecule has 4 heteroatoms. The Morgan fingerprint density at radius 2 is 1.67 bits per heavy atom. The second kappa shape index (κ2) is 6.50. The first-order valence-electron chi connectivity index (χ1n) is 6.64. The Bertz CT molecular complexity index is 653. The summed E-state index contributed by atoms with van der Waals surface area (Å²) in [4.78, 5) is 0. The van der Waals surface area contributed by atoms with Gasteiger partial charge in [-0.05, 0) is 49.2 Å². The fraction of sp³-hybridized carbons (Fsp3) is 0.294. The van der Waals surface area contributed by atoms with Crippen LogP contribution in [0.5, 0.6) is 11.5 Å². The summed E-state index contributed by atoms with van der Waals surface area (Å²) in [6, 6.07) is 9.54. The summed E-state index contributed by atoms with van der Waals surface area (Å²) < 4.78 is 11.7. The molecule has 0 aliphatic rings. The van der Waals surface area contributed by atoms with E-state index in [1.165, 1.54) is 0 Å². The van der Waals surface area contributed by atoms with Crippen LogP contribution in [0, 0.1) is 13.8 Å². The number of ether oxygens (including phenoxy) is 2. The average Bonchev–Trinajstić information content (AvgIpc) is 2.45. The van der Waals surface area contributed by atoms with E-state index in [-0.39, 0.29) is 0 Å². The first-order valence-corrected chi connectivity index (χ1v) is 7.44. The van der Waals surface area contributed by atoms with Crippen molar-refractivity contribution in [3.05, 3.63) is 57.1 Å². The predicted molar refractivity (Wildman–Crippen MR) is 87.2 cm³/mol. The van der Waals surface area contributed by atoms with E-state index in [4.69, 9.17) is 9.47 Å². The van der Waals surface area contributed by atoms with E-state index in [1.807, 2.05) is 44.2 Å². The average molecular weight is 351 g/mol. The number of hydrogen-bond donors (Lipinski definition) is 1. The standard InChI is InChI=1S/C17H19BrO3/c1-10-7-11(2)16(15(8-10)21-4)17(19)13-9-12(18)5-6-14(13)20-3/h5-9,17,19H,1-4H3. The van der Waals surface area contributed by atoms with E-state index in [2.05, 4.69) is 15.9 Å². The molecule has 0 radical (unpaired) electrons. The zero-order chi connectivity index (χ0) is 15.6. The maximum Gasteiger partial charge on any atom is 0.125 e. The maximum atomic E-state index is 10.8. The van der Waals surface area contributed by atoms with Crippen molar-refractivity contribution in [1.82, 2.24) is 0 Å². The van der Waals surface area contributed by atoms with Gasteiger partial charge in [0.2, 0.25) is 0 Å². The molecule has 0 aliphatic heterocycles. The van der Waals surface area contributed by atoms with Crippen molar-refractivity contribution in [1.29, 1.82) is 0 Å². The number of halogens is 1. The zero-order valence-electron chi connectivity index (χ0n) is 12.6. The molecular formula is C17H19BrO3.